The van der Waals surface area contributed by atoms with E-state index in [0.717, 1.165) is 16.3 Å². The van der Waals surface area contributed by atoms with E-state index in [1.54, 1.807) is 48.5 Å². The number of carbonyl (C=O) groups excluding carboxylic acids is 1. The fourth-order valence-corrected chi connectivity index (χ4v) is 2.69. The van der Waals surface area contributed by atoms with Crippen molar-refractivity contribution in [1.29, 1.82) is 0 Å². The Hall–Kier alpha value is -3.94. The number of benzene rings is 2. The fourth-order valence-electron chi connectivity index (χ4n) is 2.69. The van der Waals surface area contributed by atoms with Gasteiger partial charge in [0.05, 0.1) is 5.69 Å². The summed E-state index contributed by atoms with van der Waals surface area (Å²) < 4.78 is 0.972. The van der Waals surface area contributed by atoms with Crippen molar-refractivity contribution in [2.45, 2.75) is 13.0 Å². The lowest BCUT2D eigenvalue weighted by Crippen LogP contribution is -2.35. The first kappa shape index (κ1) is 18.8. The molecular formula is C20H17N3O5. The van der Waals surface area contributed by atoms with E-state index in [2.05, 4.69) is 10.4 Å². The second-order valence-corrected chi connectivity index (χ2v) is 6.12. The Morgan fingerprint density at radius 2 is 1.79 bits per heavy atom. The Kier molecular flexibility index (Phi) is 5.21. The molecule has 0 saturated carbocycles. The molecule has 8 nitrogen and oxygen atoms in total. The molecule has 1 heterocycles. The van der Waals surface area contributed by atoms with Gasteiger partial charge in [-0.2, -0.15) is 9.78 Å². The molecular weight excluding hydrogens is 362 g/mol. The van der Waals surface area contributed by atoms with Crippen LogP contribution < -0.4 is 10.9 Å². The number of hydrogen-bond acceptors (Lipinski definition) is 5. The summed E-state index contributed by atoms with van der Waals surface area (Å²) >= 11 is 0. The maximum absolute atomic E-state index is 12.6. The Morgan fingerprint density at radius 1 is 1.07 bits per heavy atom. The van der Waals surface area contributed by atoms with Crippen molar-refractivity contribution in [1.82, 2.24) is 15.1 Å². The molecule has 3 rings (SSSR count). The predicted molar refractivity (Wildman–Crippen MR) is 101 cm³/mol. The van der Waals surface area contributed by atoms with E-state index in [9.17, 15) is 24.6 Å². The van der Waals surface area contributed by atoms with Crippen molar-refractivity contribution in [2.24, 2.45) is 0 Å². The molecule has 0 unspecified atom stereocenters. The molecule has 0 fully saturated rings. The largest absolute Gasteiger partial charge is 0.505 e. The highest BCUT2D eigenvalue weighted by Crippen LogP contribution is 2.17. The Morgan fingerprint density at radius 3 is 2.43 bits per heavy atom. The zero-order chi connectivity index (χ0) is 20.3. The molecule has 3 N–H and O–H groups in total. The van der Waals surface area contributed by atoms with Crippen LogP contribution in [0.2, 0.25) is 0 Å². The average molecular weight is 379 g/mol. The smallest absolute Gasteiger partial charge is 0.330 e. The summed E-state index contributed by atoms with van der Waals surface area (Å²) in [6.07, 6.45) is 0. The van der Waals surface area contributed by atoms with Crippen LogP contribution in [-0.2, 0) is 4.79 Å². The van der Waals surface area contributed by atoms with Crippen LogP contribution in [0.25, 0.3) is 5.69 Å². The fraction of sp³-hybridized carbons (Fsp3) is 0.100. The van der Waals surface area contributed by atoms with Gasteiger partial charge in [0.15, 0.2) is 17.5 Å². The van der Waals surface area contributed by atoms with Crippen LogP contribution >= 0.6 is 0 Å². The molecule has 0 aliphatic rings. The van der Waals surface area contributed by atoms with Crippen molar-refractivity contribution >= 4 is 11.9 Å². The second kappa shape index (κ2) is 7.75. The molecule has 2 aromatic carbocycles. The lowest BCUT2D eigenvalue weighted by atomic mass is 10.1. The number of amides is 1. The molecule has 1 amide bonds. The van der Waals surface area contributed by atoms with Gasteiger partial charge in [0.1, 0.15) is 0 Å². The summed E-state index contributed by atoms with van der Waals surface area (Å²) in [5.74, 6) is -2.83. The van der Waals surface area contributed by atoms with Crippen LogP contribution in [0.15, 0.2) is 65.5 Å². The quantitative estimate of drug-likeness (QED) is 0.621. The van der Waals surface area contributed by atoms with Crippen molar-refractivity contribution in [3.63, 3.8) is 0 Å². The molecule has 1 aromatic heterocycles. The van der Waals surface area contributed by atoms with Gasteiger partial charge in [0, 0.05) is 6.07 Å². The highest BCUT2D eigenvalue weighted by molar-refractivity contribution is 5.97. The molecule has 28 heavy (non-hydrogen) atoms. The molecule has 0 aliphatic heterocycles. The van der Waals surface area contributed by atoms with E-state index < -0.39 is 34.9 Å². The van der Waals surface area contributed by atoms with E-state index >= 15 is 0 Å². The van der Waals surface area contributed by atoms with Crippen LogP contribution in [0.5, 0.6) is 5.75 Å². The summed E-state index contributed by atoms with van der Waals surface area (Å²) in [6, 6.07) is 14.5. The SMILES string of the molecule is Cc1cccc(-n2nc(C(=O)N[C@H](C(=O)O)c3ccccc3)c(O)cc2=O)c1. The Labute approximate surface area is 159 Å². The number of hydrogen-bond donors (Lipinski definition) is 3. The normalized spacial score (nSPS) is 11.6. The summed E-state index contributed by atoms with van der Waals surface area (Å²) in [7, 11) is 0. The van der Waals surface area contributed by atoms with Gasteiger partial charge in [-0.05, 0) is 30.2 Å². The van der Waals surface area contributed by atoms with Gasteiger partial charge in [-0.25, -0.2) is 4.79 Å². The van der Waals surface area contributed by atoms with Crippen LogP contribution in [0.4, 0.5) is 0 Å². The van der Waals surface area contributed by atoms with Crippen LogP contribution in [0, 0.1) is 6.92 Å². The standard InChI is InChI=1S/C20H17N3O5/c1-12-6-5-9-14(10-12)23-16(25)11-15(24)18(22-23)19(26)21-17(20(27)28)13-7-3-2-4-8-13/h2-11,17,24H,1H3,(H,21,26)(H,27,28)/t17-/m0/s1. The zero-order valence-electron chi connectivity index (χ0n) is 14.9. The number of aromatic nitrogens is 2. The van der Waals surface area contributed by atoms with E-state index in [0.29, 0.717) is 11.3 Å². The Bertz CT molecular complexity index is 1090. The molecule has 0 radical (unpaired) electrons. The molecule has 0 bridgehead atoms. The van der Waals surface area contributed by atoms with E-state index in [1.165, 1.54) is 0 Å². The molecule has 0 spiro atoms. The number of carboxylic acid groups (broad SMARTS) is 1. The second-order valence-electron chi connectivity index (χ2n) is 6.12. The minimum Gasteiger partial charge on any atom is -0.505 e. The number of aryl methyl sites for hydroxylation is 1. The number of carbonyl (C=O) groups is 2. The van der Waals surface area contributed by atoms with Crippen molar-refractivity contribution in [2.75, 3.05) is 0 Å². The first-order valence-corrected chi connectivity index (χ1v) is 8.36. The third-order valence-corrected chi connectivity index (χ3v) is 4.03. The van der Waals surface area contributed by atoms with Crippen LogP contribution in [0.3, 0.4) is 0 Å². The van der Waals surface area contributed by atoms with E-state index in [-0.39, 0.29) is 0 Å². The number of rotatable bonds is 5. The van der Waals surface area contributed by atoms with Crippen LogP contribution in [-0.4, -0.2) is 31.9 Å². The summed E-state index contributed by atoms with van der Waals surface area (Å²) in [4.78, 5) is 36.4. The molecule has 0 aliphatic carbocycles. The minimum absolute atomic E-state index is 0.356. The third-order valence-electron chi connectivity index (χ3n) is 4.03. The number of nitrogens with one attached hydrogen (secondary N) is 1. The summed E-state index contributed by atoms with van der Waals surface area (Å²) in [5, 5.41) is 25.7. The number of aromatic hydroxyl groups is 1. The van der Waals surface area contributed by atoms with Crippen molar-refractivity contribution in [3.05, 3.63) is 87.8 Å². The number of carboxylic acids is 1. The van der Waals surface area contributed by atoms with Gasteiger partial charge < -0.3 is 15.5 Å². The molecule has 142 valence electrons. The number of nitrogens with zero attached hydrogens (tertiary/aromatic N) is 2. The van der Waals surface area contributed by atoms with Crippen molar-refractivity contribution in [3.8, 4) is 11.4 Å². The zero-order valence-corrected chi connectivity index (χ0v) is 14.9. The third kappa shape index (κ3) is 3.90. The van der Waals surface area contributed by atoms with E-state index in [4.69, 9.17) is 0 Å². The maximum atomic E-state index is 12.6. The molecule has 0 saturated heterocycles. The summed E-state index contributed by atoms with van der Waals surface area (Å²) in [6.45, 7) is 1.83. The lowest BCUT2D eigenvalue weighted by Gasteiger charge is -2.15. The molecule has 1 atom stereocenters. The topological polar surface area (TPSA) is 122 Å². The summed E-state index contributed by atoms with van der Waals surface area (Å²) in [5.41, 5.74) is 0.563. The Balaban J connectivity index is 1.98. The predicted octanol–water partition coefficient (Wildman–Crippen LogP) is 1.80. The van der Waals surface area contributed by atoms with Gasteiger partial charge >= 0.3 is 5.97 Å². The first-order valence-electron chi connectivity index (χ1n) is 8.36. The lowest BCUT2D eigenvalue weighted by molar-refractivity contribution is -0.139. The minimum atomic E-state index is -1.34. The number of aliphatic carboxylic acids is 1. The maximum Gasteiger partial charge on any atom is 0.330 e. The van der Waals surface area contributed by atoms with Crippen LogP contribution in [0.1, 0.15) is 27.7 Å². The van der Waals surface area contributed by atoms with Gasteiger partial charge in [-0.1, -0.05) is 42.5 Å². The highest BCUT2D eigenvalue weighted by Gasteiger charge is 2.25. The first-order chi connectivity index (χ1) is 13.4. The van der Waals surface area contributed by atoms with Crippen molar-refractivity contribution < 1.29 is 19.8 Å². The van der Waals surface area contributed by atoms with Gasteiger partial charge in [0.2, 0.25) is 0 Å². The molecule has 8 heteroatoms. The van der Waals surface area contributed by atoms with Gasteiger partial charge in [-0.3, -0.25) is 9.59 Å². The van der Waals surface area contributed by atoms with Gasteiger partial charge in [0.25, 0.3) is 11.5 Å². The van der Waals surface area contributed by atoms with E-state index in [1.807, 2.05) is 13.0 Å². The monoisotopic (exact) mass is 379 g/mol. The van der Waals surface area contributed by atoms with Gasteiger partial charge in [-0.15, -0.1) is 0 Å². The average Bonchev–Trinajstić information content (AvgIpc) is 2.66. The highest BCUT2D eigenvalue weighted by atomic mass is 16.4. The molecule has 3 aromatic rings.